The Morgan fingerprint density at radius 3 is 2.74 bits per heavy atom. The molecule has 0 atom stereocenters. The minimum atomic E-state index is 0.410. The molecule has 19 heavy (non-hydrogen) atoms. The zero-order valence-corrected chi connectivity index (χ0v) is 12.6. The molecule has 2 aromatic rings. The summed E-state index contributed by atoms with van der Waals surface area (Å²) in [5.41, 5.74) is 1.05. The van der Waals surface area contributed by atoms with Crippen LogP contribution in [-0.2, 0) is 4.74 Å². The van der Waals surface area contributed by atoms with Crippen LogP contribution in [0.5, 0.6) is 0 Å². The van der Waals surface area contributed by atoms with Crippen LogP contribution in [0.2, 0.25) is 0 Å². The lowest BCUT2D eigenvalue weighted by atomic mass is 10.1. The van der Waals surface area contributed by atoms with E-state index in [1.807, 2.05) is 6.07 Å². The minimum absolute atomic E-state index is 0.410. The maximum absolute atomic E-state index is 5.41. The maximum atomic E-state index is 5.41. The van der Waals surface area contributed by atoms with Crippen LogP contribution in [0.4, 0.5) is 5.82 Å². The molecule has 0 unspecified atom stereocenters. The number of halogens is 1. The van der Waals surface area contributed by atoms with E-state index >= 15 is 0 Å². The number of anilines is 1. The zero-order chi connectivity index (χ0) is 13.2. The highest BCUT2D eigenvalue weighted by molar-refractivity contribution is 9.10. The van der Waals surface area contributed by atoms with Gasteiger partial charge in [0.05, 0.1) is 11.6 Å². The van der Waals surface area contributed by atoms with Crippen LogP contribution < -0.4 is 4.90 Å². The normalized spacial score (nSPS) is 17.1. The van der Waals surface area contributed by atoms with E-state index < -0.39 is 0 Å². The van der Waals surface area contributed by atoms with Crippen LogP contribution in [0, 0.1) is 0 Å². The second-order valence-corrected chi connectivity index (χ2v) is 5.84. The monoisotopic (exact) mass is 320 g/mol. The number of rotatable bonds is 2. The second kappa shape index (κ2) is 5.47. The molecular formula is C15H17BrN2O. The molecule has 3 rings (SSSR count). The van der Waals surface area contributed by atoms with Crippen molar-refractivity contribution in [1.82, 2.24) is 4.98 Å². The summed E-state index contributed by atoms with van der Waals surface area (Å²) in [5.74, 6) is 1.07. The molecule has 0 spiro atoms. The fraction of sp³-hybridized carbons (Fsp3) is 0.400. The molecule has 0 bridgehead atoms. The van der Waals surface area contributed by atoms with Crippen molar-refractivity contribution in [2.75, 3.05) is 25.1 Å². The Morgan fingerprint density at radius 2 is 2.00 bits per heavy atom. The average molecular weight is 321 g/mol. The first-order valence-electron chi connectivity index (χ1n) is 6.60. The van der Waals surface area contributed by atoms with Crippen LogP contribution in [-0.4, -0.2) is 31.3 Å². The van der Waals surface area contributed by atoms with Gasteiger partial charge < -0.3 is 9.64 Å². The first-order chi connectivity index (χ1) is 9.26. The minimum Gasteiger partial charge on any atom is -0.381 e. The highest BCUT2D eigenvalue weighted by Gasteiger charge is 2.19. The van der Waals surface area contributed by atoms with Gasteiger partial charge in [0.25, 0.3) is 0 Å². The molecular weight excluding hydrogens is 304 g/mol. The fourth-order valence-electron chi connectivity index (χ4n) is 2.58. The van der Waals surface area contributed by atoms with Crippen molar-refractivity contribution in [2.24, 2.45) is 0 Å². The van der Waals surface area contributed by atoms with Crippen LogP contribution in [0.1, 0.15) is 12.8 Å². The Morgan fingerprint density at radius 1 is 1.21 bits per heavy atom. The Kier molecular flexibility index (Phi) is 3.71. The van der Waals surface area contributed by atoms with Crippen LogP contribution in [0.25, 0.3) is 10.9 Å². The molecule has 3 nitrogen and oxygen atoms in total. The van der Waals surface area contributed by atoms with Gasteiger partial charge in [0.2, 0.25) is 0 Å². The van der Waals surface area contributed by atoms with Gasteiger partial charge in [0.1, 0.15) is 5.82 Å². The number of ether oxygens (including phenoxy) is 1. The number of benzene rings is 1. The standard InChI is InChI=1S/C15H17BrN2O/c1-19-13-6-8-18(9-7-13)15-5-2-11-10-12(16)3-4-14(11)17-15/h2-5,10,13H,6-9H2,1H3. The summed E-state index contributed by atoms with van der Waals surface area (Å²) in [6.07, 6.45) is 2.57. The number of pyridine rings is 1. The van der Waals surface area contributed by atoms with E-state index in [1.54, 1.807) is 7.11 Å². The van der Waals surface area contributed by atoms with E-state index in [9.17, 15) is 0 Å². The Labute approximate surface area is 121 Å². The van der Waals surface area contributed by atoms with Crippen molar-refractivity contribution in [1.29, 1.82) is 0 Å². The van der Waals surface area contributed by atoms with Crippen LogP contribution >= 0.6 is 15.9 Å². The molecule has 1 aromatic carbocycles. The quantitative estimate of drug-likeness (QED) is 0.845. The van der Waals surface area contributed by atoms with Crippen molar-refractivity contribution in [3.63, 3.8) is 0 Å². The summed E-state index contributed by atoms with van der Waals surface area (Å²) in [4.78, 5) is 7.10. The summed E-state index contributed by atoms with van der Waals surface area (Å²) in [7, 11) is 1.80. The third kappa shape index (κ3) is 2.74. The van der Waals surface area contributed by atoms with Gasteiger partial charge in [-0.1, -0.05) is 15.9 Å². The molecule has 0 amide bonds. The third-order valence-electron chi connectivity index (χ3n) is 3.74. The molecule has 1 fully saturated rings. The summed E-state index contributed by atoms with van der Waals surface area (Å²) in [6, 6.07) is 10.5. The third-order valence-corrected chi connectivity index (χ3v) is 4.23. The molecule has 0 radical (unpaired) electrons. The van der Waals surface area contributed by atoms with E-state index in [2.05, 4.69) is 45.1 Å². The van der Waals surface area contributed by atoms with Gasteiger partial charge >= 0.3 is 0 Å². The summed E-state index contributed by atoms with van der Waals surface area (Å²) in [6.45, 7) is 2.04. The molecule has 1 aliphatic heterocycles. The lowest BCUT2D eigenvalue weighted by Gasteiger charge is -2.32. The zero-order valence-electron chi connectivity index (χ0n) is 11.0. The lowest BCUT2D eigenvalue weighted by molar-refractivity contribution is 0.0818. The van der Waals surface area contributed by atoms with Crippen LogP contribution in [0.3, 0.4) is 0 Å². The topological polar surface area (TPSA) is 25.4 Å². The molecule has 4 heteroatoms. The molecule has 100 valence electrons. The number of hydrogen-bond acceptors (Lipinski definition) is 3. The van der Waals surface area contributed by atoms with Crippen molar-refractivity contribution in [2.45, 2.75) is 18.9 Å². The van der Waals surface area contributed by atoms with Crippen molar-refractivity contribution < 1.29 is 4.74 Å². The summed E-state index contributed by atoms with van der Waals surface area (Å²) in [5, 5.41) is 1.17. The van der Waals surface area contributed by atoms with Crippen molar-refractivity contribution >= 4 is 32.7 Å². The van der Waals surface area contributed by atoms with Gasteiger partial charge in [-0.05, 0) is 43.2 Å². The van der Waals surface area contributed by atoms with Gasteiger partial charge in [0.15, 0.2) is 0 Å². The molecule has 0 N–H and O–H groups in total. The van der Waals surface area contributed by atoms with Gasteiger partial charge in [-0.15, -0.1) is 0 Å². The second-order valence-electron chi connectivity index (χ2n) is 4.93. The molecule has 1 saturated heterocycles. The first-order valence-corrected chi connectivity index (χ1v) is 7.39. The Bertz CT molecular complexity index is 579. The van der Waals surface area contributed by atoms with E-state index in [4.69, 9.17) is 9.72 Å². The Balaban J connectivity index is 1.84. The Hall–Kier alpha value is -1.13. The van der Waals surface area contributed by atoms with Crippen molar-refractivity contribution in [3.05, 3.63) is 34.8 Å². The lowest BCUT2D eigenvalue weighted by Crippen LogP contribution is -2.37. The molecule has 1 aromatic heterocycles. The number of methoxy groups -OCH3 is 1. The molecule has 1 aliphatic rings. The maximum Gasteiger partial charge on any atom is 0.129 e. The fourth-order valence-corrected chi connectivity index (χ4v) is 2.96. The predicted octanol–water partition coefficient (Wildman–Crippen LogP) is 3.61. The number of aromatic nitrogens is 1. The van der Waals surface area contributed by atoms with E-state index in [-0.39, 0.29) is 0 Å². The number of fused-ring (bicyclic) bond motifs is 1. The van der Waals surface area contributed by atoms with Crippen LogP contribution in [0.15, 0.2) is 34.8 Å². The molecule has 2 heterocycles. The predicted molar refractivity (Wildman–Crippen MR) is 81.7 cm³/mol. The first kappa shape index (κ1) is 12.9. The van der Waals surface area contributed by atoms with E-state index in [0.717, 1.165) is 41.7 Å². The van der Waals surface area contributed by atoms with Crippen molar-refractivity contribution in [3.8, 4) is 0 Å². The summed E-state index contributed by atoms with van der Waals surface area (Å²) < 4.78 is 6.50. The van der Waals surface area contributed by atoms with Gasteiger partial charge in [-0.2, -0.15) is 0 Å². The number of nitrogens with zero attached hydrogens (tertiary/aromatic N) is 2. The summed E-state index contributed by atoms with van der Waals surface area (Å²) >= 11 is 3.49. The number of piperidine rings is 1. The SMILES string of the molecule is COC1CCN(c2ccc3cc(Br)ccc3n2)CC1. The van der Waals surface area contributed by atoms with Gasteiger partial charge in [0, 0.05) is 30.1 Å². The largest absolute Gasteiger partial charge is 0.381 e. The average Bonchev–Trinajstić information content (AvgIpc) is 2.47. The number of hydrogen-bond donors (Lipinski definition) is 0. The highest BCUT2D eigenvalue weighted by atomic mass is 79.9. The van der Waals surface area contributed by atoms with E-state index in [0.29, 0.717) is 6.10 Å². The molecule has 0 aliphatic carbocycles. The van der Waals surface area contributed by atoms with Gasteiger partial charge in [-0.25, -0.2) is 4.98 Å². The van der Waals surface area contributed by atoms with E-state index in [1.165, 1.54) is 5.39 Å². The highest BCUT2D eigenvalue weighted by Crippen LogP contribution is 2.24. The molecule has 0 saturated carbocycles. The smallest absolute Gasteiger partial charge is 0.129 e. The van der Waals surface area contributed by atoms with Gasteiger partial charge in [-0.3, -0.25) is 0 Å².